The van der Waals surface area contributed by atoms with E-state index in [1.807, 2.05) is 13.8 Å². The fraction of sp³-hybridized carbons (Fsp3) is 0.533. The van der Waals surface area contributed by atoms with Crippen molar-refractivity contribution in [1.29, 1.82) is 0 Å². The molecule has 6 nitrogen and oxygen atoms in total. The number of nitrogens with one attached hydrogen (secondary N) is 2. The van der Waals surface area contributed by atoms with Gasteiger partial charge < -0.3 is 15.1 Å². The molecule has 0 aliphatic carbocycles. The van der Waals surface area contributed by atoms with Crippen LogP contribution in [0.5, 0.6) is 0 Å². The molecule has 2 aromatic rings. The first kappa shape index (κ1) is 15.3. The number of oxazole rings is 1. The number of hydrogen-bond donors (Lipinski definition) is 2. The predicted octanol–water partition coefficient (Wildman–Crippen LogP) is 3.08. The summed E-state index contributed by atoms with van der Waals surface area (Å²) in [4.78, 5) is 13.4. The number of nitrogens with zero attached hydrogens (tertiary/aromatic N) is 3. The highest BCUT2D eigenvalue weighted by atomic mass is 16.4. The van der Waals surface area contributed by atoms with Gasteiger partial charge in [0, 0.05) is 18.5 Å². The molecule has 2 N–H and O–H groups in total. The molecular formula is C15H23N5O. The first-order valence-electron chi connectivity index (χ1n) is 7.40. The Morgan fingerprint density at radius 1 is 1.10 bits per heavy atom. The number of aryl methyl sites for hydroxylation is 2. The molecule has 0 saturated carbocycles. The minimum atomic E-state index is 0.517. The van der Waals surface area contributed by atoms with Gasteiger partial charge in [-0.15, -0.1) is 0 Å². The smallest absolute Gasteiger partial charge is 0.213 e. The lowest BCUT2D eigenvalue weighted by atomic mass is 10.2. The number of rotatable bonds is 7. The van der Waals surface area contributed by atoms with E-state index in [9.17, 15) is 0 Å². The lowest BCUT2D eigenvalue weighted by molar-refractivity contribution is 0.478. The normalized spacial score (nSPS) is 10.7. The van der Waals surface area contributed by atoms with Gasteiger partial charge in [0.25, 0.3) is 0 Å². The van der Waals surface area contributed by atoms with Crippen LogP contribution in [0.4, 0.5) is 11.6 Å². The maximum atomic E-state index is 5.47. The van der Waals surface area contributed by atoms with Crippen LogP contribution in [0.2, 0.25) is 0 Å². The Morgan fingerprint density at radius 3 is 2.38 bits per heavy atom. The van der Waals surface area contributed by atoms with Gasteiger partial charge in [-0.3, -0.25) is 0 Å². The summed E-state index contributed by atoms with van der Waals surface area (Å²) in [7, 11) is 0. The summed E-state index contributed by atoms with van der Waals surface area (Å²) >= 11 is 0. The van der Waals surface area contributed by atoms with Crippen molar-refractivity contribution < 1.29 is 4.42 Å². The van der Waals surface area contributed by atoms with Crippen LogP contribution in [0.25, 0.3) is 0 Å². The summed E-state index contributed by atoms with van der Waals surface area (Å²) in [6, 6.07) is 0. The summed E-state index contributed by atoms with van der Waals surface area (Å²) in [5, 5.41) is 6.58. The van der Waals surface area contributed by atoms with Crippen LogP contribution in [-0.4, -0.2) is 21.5 Å². The second-order valence-electron chi connectivity index (χ2n) is 4.96. The largest absolute Gasteiger partial charge is 0.444 e. The monoisotopic (exact) mass is 289 g/mol. The molecule has 2 aromatic heterocycles. The van der Waals surface area contributed by atoms with E-state index in [2.05, 4.69) is 39.4 Å². The third-order valence-electron chi connectivity index (χ3n) is 3.09. The molecule has 2 rings (SSSR count). The zero-order valence-corrected chi connectivity index (χ0v) is 13.2. The van der Waals surface area contributed by atoms with E-state index in [-0.39, 0.29) is 0 Å². The standard InChI is InChI=1S/C15H23N5O/c1-5-7-12-19-14(16-6-2)11(4)15(20-12)18-9-13-17-8-10(3)21-13/h8H,5-7,9H2,1-4H3,(H2,16,18,19,20). The van der Waals surface area contributed by atoms with Gasteiger partial charge in [-0.1, -0.05) is 6.92 Å². The number of hydrogen-bond acceptors (Lipinski definition) is 6. The van der Waals surface area contributed by atoms with Crippen molar-refractivity contribution in [2.45, 2.75) is 47.1 Å². The molecule has 0 bridgehead atoms. The molecule has 0 aromatic carbocycles. The molecular weight excluding hydrogens is 266 g/mol. The van der Waals surface area contributed by atoms with Crippen molar-refractivity contribution >= 4 is 11.6 Å². The van der Waals surface area contributed by atoms with Crippen molar-refractivity contribution in [2.75, 3.05) is 17.2 Å². The fourth-order valence-electron chi connectivity index (χ4n) is 2.05. The summed E-state index contributed by atoms with van der Waals surface area (Å²) < 4.78 is 5.47. The SMILES string of the molecule is CCCc1nc(NCC)c(C)c(NCc2ncc(C)o2)n1. The van der Waals surface area contributed by atoms with E-state index >= 15 is 0 Å². The van der Waals surface area contributed by atoms with Crippen molar-refractivity contribution in [3.05, 3.63) is 29.2 Å². The highest BCUT2D eigenvalue weighted by molar-refractivity contribution is 5.57. The summed E-state index contributed by atoms with van der Waals surface area (Å²) in [5.74, 6) is 4.05. The van der Waals surface area contributed by atoms with Crippen LogP contribution < -0.4 is 10.6 Å². The zero-order chi connectivity index (χ0) is 15.2. The van der Waals surface area contributed by atoms with Crippen LogP contribution in [0.3, 0.4) is 0 Å². The summed E-state index contributed by atoms with van der Waals surface area (Å²) in [6.45, 7) is 9.43. The van der Waals surface area contributed by atoms with Crippen molar-refractivity contribution in [3.63, 3.8) is 0 Å². The van der Waals surface area contributed by atoms with E-state index in [0.717, 1.165) is 48.2 Å². The molecule has 0 spiro atoms. The quantitative estimate of drug-likeness (QED) is 0.815. The average Bonchev–Trinajstić information content (AvgIpc) is 2.87. The first-order valence-corrected chi connectivity index (χ1v) is 7.40. The van der Waals surface area contributed by atoms with E-state index in [1.165, 1.54) is 0 Å². The Hall–Kier alpha value is -2.11. The highest BCUT2D eigenvalue weighted by Crippen LogP contribution is 2.21. The Kier molecular flexibility index (Phi) is 5.14. The molecule has 0 fully saturated rings. The topological polar surface area (TPSA) is 75.9 Å². The third-order valence-corrected chi connectivity index (χ3v) is 3.09. The van der Waals surface area contributed by atoms with Gasteiger partial charge in [-0.2, -0.15) is 0 Å². The lowest BCUT2D eigenvalue weighted by Crippen LogP contribution is -2.11. The molecule has 0 aliphatic rings. The second kappa shape index (κ2) is 7.06. The van der Waals surface area contributed by atoms with E-state index < -0.39 is 0 Å². The molecule has 114 valence electrons. The van der Waals surface area contributed by atoms with Crippen molar-refractivity contribution in [3.8, 4) is 0 Å². The van der Waals surface area contributed by atoms with Gasteiger partial charge in [0.15, 0.2) is 0 Å². The predicted molar refractivity (Wildman–Crippen MR) is 83.5 cm³/mol. The van der Waals surface area contributed by atoms with Gasteiger partial charge in [-0.25, -0.2) is 15.0 Å². The Labute approximate surface area is 125 Å². The molecule has 21 heavy (non-hydrogen) atoms. The number of anilines is 2. The van der Waals surface area contributed by atoms with Gasteiger partial charge in [0.2, 0.25) is 5.89 Å². The molecule has 6 heteroatoms. The van der Waals surface area contributed by atoms with Crippen LogP contribution in [-0.2, 0) is 13.0 Å². The maximum absolute atomic E-state index is 5.47. The molecule has 0 atom stereocenters. The third kappa shape index (κ3) is 3.93. The molecule has 0 aliphatic heterocycles. The van der Waals surface area contributed by atoms with Gasteiger partial charge in [-0.05, 0) is 27.2 Å². The number of aromatic nitrogens is 3. The molecule has 0 saturated heterocycles. The minimum absolute atomic E-state index is 0.517. The van der Waals surface area contributed by atoms with Crippen molar-refractivity contribution in [2.24, 2.45) is 0 Å². The van der Waals surface area contributed by atoms with Crippen LogP contribution in [0.1, 0.15) is 43.3 Å². The Bertz CT molecular complexity index is 594. The maximum Gasteiger partial charge on any atom is 0.213 e. The summed E-state index contributed by atoms with van der Waals surface area (Å²) in [5.41, 5.74) is 1.01. The molecule has 0 unspecified atom stereocenters. The zero-order valence-electron chi connectivity index (χ0n) is 13.2. The second-order valence-corrected chi connectivity index (χ2v) is 4.96. The van der Waals surface area contributed by atoms with E-state index in [0.29, 0.717) is 12.4 Å². The first-order chi connectivity index (χ1) is 10.1. The van der Waals surface area contributed by atoms with Crippen molar-refractivity contribution in [1.82, 2.24) is 15.0 Å². The fourth-order valence-corrected chi connectivity index (χ4v) is 2.05. The highest BCUT2D eigenvalue weighted by Gasteiger charge is 2.11. The Balaban J connectivity index is 2.19. The van der Waals surface area contributed by atoms with Gasteiger partial charge in [0.1, 0.15) is 23.2 Å². The van der Waals surface area contributed by atoms with Crippen LogP contribution >= 0.6 is 0 Å². The lowest BCUT2D eigenvalue weighted by Gasteiger charge is -2.13. The van der Waals surface area contributed by atoms with Crippen LogP contribution in [0, 0.1) is 13.8 Å². The molecule has 0 radical (unpaired) electrons. The molecule has 2 heterocycles. The molecule has 0 amide bonds. The van der Waals surface area contributed by atoms with Gasteiger partial charge >= 0.3 is 0 Å². The average molecular weight is 289 g/mol. The van der Waals surface area contributed by atoms with E-state index in [4.69, 9.17) is 4.42 Å². The van der Waals surface area contributed by atoms with E-state index in [1.54, 1.807) is 6.20 Å². The summed E-state index contributed by atoms with van der Waals surface area (Å²) in [6.07, 6.45) is 3.61. The van der Waals surface area contributed by atoms with Crippen LogP contribution in [0.15, 0.2) is 10.6 Å². The van der Waals surface area contributed by atoms with Gasteiger partial charge in [0.05, 0.1) is 12.7 Å². The minimum Gasteiger partial charge on any atom is -0.444 e. The Morgan fingerprint density at radius 2 is 1.81 bits per heavy atom.